The summed E-state index contributed by atoms with van der Waals surface area (Å²) in [5.41, 5.74) is 0.268. The minimum Gasteiger partial charge on any atom is -0.331 e. The molecular formula is C15H30N4O. The van der Waals surface area contributed by atoms with Gasteiger partial charge in [0.05, 0.1) is 0 Å². The first kappa shape index (κ1) is 15.6. The molecule has 116 valence electrons. The number of carbonyl (C=O) groups excluding carboxylic acids is 1. The van der Waals surface area contributed by atoms with Gasteiger partial charge in [-0.2, -0.15) is 0 Å². The highest BCUT2D eigenvalue weighted by Crippen LogP contribution is 2.34. The third-order valence-corrected chi connectivity index (χ3v) is 4.87. The fourth-order valence-corrected chi connectivity index (χ4v) is 3.84. The number of likely N-dealkylation sites (tertiary alicyclic amines) is 1. The van der Waals surface area contributed by atoms with E-state index in [4.69, 9.17) is 0 Å². The van der Waals surface area contributed by atoms with Gasteiger partial charge in [0.15, 0.2) is 0 Å². The summed E-state index contributed by atoms with van der Waals surface area (Å²) in [4.78, 5) is 20.9. The van der Waals surface area contributed by atoms with Crippen molar-refractivity contribution in [3.05, 3.63) is 0 Å². The Kier molecular flexibility index (Phi) is 4.59. The van der Waals surface area contributed by atoms with Crippen LogP contribution >= 0.6 is 0 Å². The molecule has 0 saturated carbocycles. The number of rotatable bonds is 1. The van der Waals surface area contributed by atoms with E-state index in [1.807, 2.05) is 19.0 Å². The summed E-state index contributed by atoms with van der Waals surface area (Å²) in [7, 11) is 5.89. The van der Waals surface area contributed by atoms with Crippen molar-refractivity contribution in [2.24, 2.45) is 0 Å². The highest BCUT2D eigenvalue weighted by atomic mass is 16.2. The molecule has 5 nitrogen and oxygen atoms in total. The van der Waals surface area contributed by atoms with E-state index < -0.39 is 0 Å². The molecule has 2 rings (SSSR count). The second-order valence-corrected chi connectivity index (χ2v) is 6.91. The number of piperidine rings is 1. The van der Waals surface area contributed by atoms with Crippen LogP contribution in [0.3, 0.4) is 0 Å². The molecule has 0 aromatic carbocycles. The van der Waals surface area contributed by atoms with Crippen LogP contribution in [0.5, 0.6) is 0 Å². The molecule has 0 bridgehead atoms. The number of likely N-dealkylation sites (N-methyl/N-ethyl adjacent to an activating group) is 1. The maximum Gasteiger partial charge on any atom is 0.319 e. The zero-order chi connectivity index (χ0) is 14.9. The Hall–Kier alpha value is -0.810. The molecule has 2 amide bonds. The lowest BCUT2D eigenvalue weighted by molar-refractivity contribution is -0.0473. The predicted molar refractivity (Wildman–Crippen MR) is 82.0 cm³/mol. The van der Waals surface area contributed by atoms with Gasteiger partial charge >= 0.3 is 6.03 Å². The van der Waals surface area contributed by atoms with Gasteiger partial charge in [0.1, 0.15) is 0 Å². The van der Waals surface area contributed by atoms with Gasteiger partial charge in [-0.15, -0.1) is 0 Å². The lowest BCUT2D eigenvalue weighted by Gasteiger charge is -2.55. The lowest BCUT2D eigenvalue weighted by Crippen LogP contribution is -2.67. The summed E-state index contributed by atoms with van der Waals surface area (Å²) in [6, 6.07) is 0.736. The summed E-state index contributed by atoms with van der Waals surface area (Å²) >= 11 is 0. The molecule has 0 N–H and O–H groups in total. The third kappa shape index (κ3) is 2.93. The Bertz CT molecular complexity index is 348. The fraction of sp³-hybridized carbons (Fsp3) is 0.933. The van der Waals surface area contributed by atoms with Crippen molar-refractivity contribution in [3.63, 3.8) is 0 Å². The van der Waals surface area contributed by atoms with Crippen molar-refractivity contribution in [2.45, 2.75) is 38.3 Å². The number of nitrogens with zero attached hydrogens (tertiary/aromatic N) is 4. The van der Waals surface area contributed by atoms with Crippen molar-refractivity contribution in [3.8, 4) is 0 Å². The molecule has 0 atom stereocenters. The Balaban J connectivity index is 2.06. The van der Waals surface area contributed by atoms with Gasteiger partial charge < -0.3 is 14.7 Å². The second kappa shape index (κ2) is 5.90. The molecule has 2 saturated heterocycles. The Labute approximate surface area is 123 Å². The van der Waals surface area contributed by atoms with Crippen LogP contribution in [0.4, 0.5) is 4.79 Å². The highest BCUT2D eigenvalue weighted by Gasteiger charge is 2.44. The summed E-state index contributed by atoms with van der Waals surface area (Å²) in [6.45, 7) is 9.79. The lowest BCUT2D eigenvalue weighted by atomic mass is 9.82. The smallest absolute Gasteiger partial charge is 0.319 e. The minimum atomic E-state index is 0.153. The van der Waals surface area contributed by atoms with E-state index in [1.165, 1.54) is 0 Å². The zero-order valence-electron chi connectivity index (χ0n) is 13.7. The van der Waals surface area contributed by atoms with Gasteiger partial charge in [-0.05, 0) is 33.7 Å². The summed E-state index contributed by atoms with van der Waals surface area (Å²) in [6.07, 6.45) is 2.18. The van der Waals surface area contributed by atoms with E-state index in [-0.39, 0.29) is 11.6 Å². The first-order valence-corrected chi connectivity index (χ1v) is 7.77. The topological polar surface area (TPSA) is 30.0 Å². The fourth-order valence-electron chi connectivity index (χ4n) is 3.84. The van der Waals surface area contributed by atoms with Crippen molar-refractivity contribution in [1.82, 2.24) is 19.6 Å². The van der Waals surface area contributed by atoms with Gasteiger partial charge in [0, 0.05) is 58.4 Å². The van der Waals surface area contributed by atoms with Crippen LogP contribution in [0.2, 0.25) is 0 Å². The number of amides is 2. The summed E-state index contributed by atoms with van der Waals surface area (Å²) < 4.78 is 0. The molecule has 0 radical (unpaired) electrons. The van der Waals surface area contributed by atoms with Gasteiger partial charge in [0.2, 0.25) is 0 Å². The molecular weight excluding hydrogens is 252 g/mol. The summed E-state index contributed by atoms with van der Waals surface area (Å²) in [5.74, 6) is 0. The maximum absolute atomic E-state index is 12.1. The van der Waals surface area contributed by atoms with E-state index in [1.54, 1.807) is 4.90 Å². The average molecular weight is 282 g/mol. The molecule has 0 aromatic rings. The second-order valence-electron chi connectivity index (χ2n) is 6.91. The van der Waals surface area contributed by atoms with Crippen LogP contribution in [-0.4, -0.2) is 91.1 Å². The van der Waals surface area contributed by atoms with Crippen molar-refractivity contribution in [2.75, 3.05) is 53.9 Å². The normalized spacial score (nSPS) is 24.4. The van der Waals surface area contributed by atoms with Crippen molar-refractivity contribution < 1.29 is 4.79 Å². The Morgan fingerprint density at radius 3 is 2.20 bits per heavy atom. The number of hydrogen-bond acceptors (Lipinski definition) is 3. The predicted octanol–water partition coefficient (Wildman–Crippen LogP) is 1.16. The van der Waals surface area contributed by atoms with E-state index in [0.29, 0.717) is 6.04 Å². The standard InChI is InChI=1S/C15H30N4O/c1-13(2)19-11-10-17(5)12-15(19)6-8-18(9-7-15)14(20)16(3)4/h13H,6-12H2,1-5H3. The molecule has 5 heteroatoms. The largest absolute Gasteiger partial charge is 0.331 e. The monoisotopic (exact) mass is 282 g/mol. The molecule has 2 heterocycles. The molecule has 2 fully saturated rings. The molecule has 0 unspecified atom stereocenters. The summed E-state index contributed by atoms with van der Waals surface area (Å²) in [5, 5.41) is 0. The van der Waals surface area contributed by atoms with Crippen LogP contribution < -0.4 is 0 Å². The Morgan fingerprint density at radius 1 is 1.10 bits per heavy atom. The number of piperazine rings is 1. The van der Waals surface area contributed by atoms with Crippen LogP contribution in [0.25, 0.3) is 0 Å². The van der Waals surface area contributed by atoms with Crippen LogP contribution in [0.15, 0.2) is 0 Å². The van der Waals surface area contributed by atoms with E-state index in [0.717, 1.165) is 45.6 Å². The zero-order valence-corrected chi connectivity index (χ0v) is 13.7. The van der Waals surface area contributed by atoms with E-state index >= 15 is 0 Å². The van der Waals surface area contributed by atoms with E-state index in [2.05, 4.69) is 30.7 Å². The van der Waals surface area contributed by atoms with Gasteiger partial charge in [0.25, 0.3) is 0 Å². The first-order chi connectivity index (χ1) is 9.35. The van der Waals surface area contributed by atoms with Crippen molar-refractivity contribution >= 4 is 6.03 Å². The van der Waals surface area contributed by atoms with Crippen LogP contribution in [0.1, 0.15) is 26.7 Å². The Morgan fingerprint density at radius 2 is 1.70 bits per heavy atom. The number of hydrogen-bond donors (Lipinski definition) is 0. The van der Waals surface area contributed by atoms with Crippen LogP contribution in [0, 0.1) is 0 Å². The van der Waals surface area contributed by atoms with Crippen molar-refractivity contribution in [1.29, 1.82) is 0 Å². The molecule has 20 heavy (non-hydrogen) atoms. The quantitative estimate of drug-likeness (QED) is 0.723. The number of urea groups is 1. The van der Waals surface area contributed by atoms with E-state index in [9.17, 15) is 4.79 Å². The molecule has 1 spiro atoms. The van der Waals surface area contributed by atoms with Gasteiger partial charge in [-0.1, -0.05) is 0 Å². The SMILES string of the molecule is CC(C)N1CCN(C)CC12CCN(C(=O)N(C)C)CC2. The van der Waals surface area contributed by atoms with Gasteiger partial charge in [-0.25, -0.2) is 4.79 Å². The molecule has 2 aliphatic rings. The third-order valence-electron chi connectivity index (χ3n) is 4.87. The average Bonchev–Trinajstić information content (AvgIpc) is 2.38. The number of carbonyl (C=O) groups is 1. The van der Waals surface area contributed by atoms with Gasteiger partial charge in [-0.3, -0.25) is 4.90 Å². The van der Waals surface area contributed by atoms with Crippen LogP contribution in [-0.2, 0) is 0 Å². The molecule has 2 aliphatic heterocycles. The minimum absolute atomic E-state index is 0.153. The maximum atomic E-state index is 12.1. The highest BCUT2D eigenvalue weighted by molar-refractivity contribution is 5.73. The molecule has 0 aliphatic carbocycles. The molecule has 0 aromatic heterocycles. The first-order valence-electron chi connectivity index (χ1n) is 7.77.